The van der Waals surface area contributed by atoms with Gasteiger partial charge in [-0.3, -0.25) is 0 Å². The molecule has 2 aromatic rings. The Kier molecular flexibility index (Phi) is 5.46. The van der Waals surface area contributed by atoms with E-state index in [4.69, 9.17) is 21.1 Å². The van der Waals surface area contributed by atoms with Crippen LogP contribution in [0.1, 0.15) is 13.3 Å². The molecule has 0 amide bonds. The molecule has 1 saturated heterocycles. The van der Waals surface area contributed by atoms with Crippen molar-refractivity contribution in [3.63, 3.8) is 0 Å². The molecule has 1 atom stereocenters. The zero-order valence-electron chi connectivity index (χ0n) is 13.8. The second-order valence-corrected chi connectivity index (χ2v) is 7.87. The number of benzene rings is 1. The first-order chi connectivity index (χ1) is 12.0. The minimum Gasteiger partial charge on any atom is -0.491 e. The summed E-state index contributed by atoms with van der Waals surface area (Å²) in [4.78, 5) is 4.02. The number of sulfonamides is 1. The van der Waals surface area contributed by atoms with Gasteiger partial charge < -0.3 is 9.47 Å². The Morgan fingerprint density at radius 3 is 2.76 bits per heavy atom. The highest BCUT2D eigenvalue weighted by Gasteiger charge is 2.36. The van der Waals surface area contributed by atoms with Gasteiger partial charge in [-0.15, -0.1) is 0 Å². The summed E-state index contributed by atoms with van der Waals surface area (Å²) in [6.07, 6.45) is 1.85. The van der Waals surface area contributed by atoms with Crippen LogP contribution in [0.5, 0.6) is 11.5 Å². The van der Waals surface area contributed by atoms with E-state index >= 15 is 0 Å². The van der Waals surface area contributed by atoms with Crippen molar-refractivity contribution < 1.29 is 17.9 Å². The predicted molar refractivity (Wildman–Crippen MR) is 94.6 cm³/mol. The Morgan fingerprint density at radius 2 is 2.04 bits per heavy atom. The zero-order valence-corrected chi connectivity index (χ0v) is 15.3. The highest BCUT2D eigenvalue weighted by Crippen LogP contribution is 2.28. The SMILES string of the molecule is CCOc1cccnc1S(=O)(=O)N1CCC(Oc2ccc(Cl)cc2)C1. The lowest BCUT2D eigenvalue weighted by Gasteiger charge is -2.18. The summed E-state index contributed by atoms with van der Waals surface area (Å²) in [5.41, 5.74) is 0. The summed E-state index contributed by atoms with van der Waals surface area (Å²) in [5, 5.41) is 0.575. The number of aromatic nitrogens is 1. The minimum atomic E-state index is -3.73. The Labute approximate surface area is 152 Å². The zero-order chi connectivity index (χ0) is 17.9. The third-order valence-corrected chi connectivity index (χ3v) is 5.90. The van der Waals surface area contributed by atoms with E-state index in [2.05, 4.69) is 4.98 Å². The largest absolute Gasteiger partial charge is 0.491 e. The Morgan fingerprint density at radius 1 is 1.28 bits per heavy atom. The number of hydrogen-bond donors (Lipinski definition) is 0. The average molecular weight is 383 g/mol. The quantitative estimate of drug-likeness (QED) is 0.768. The molecular formula is C17H19ClN2O4S. The topological polar surface area (TPSA) is 68.7 Å². The van der Waals surface area contributed by atoms with Crippen LogP contribution in [0, 0.1) is 0 Å². The van der Waals surface area contributed by atoms with E-state index in [1.807, 2.05) is 0 Å². The monoisotopic (exact) mass is 382 g/mol. The molecule has 1 fully saturated rings. The van der Waals surface area contributed by atoms with Crippen molar-refractivity contribution in [3.05, 3.63) is 47.6 Å². The van der Waals surface area contributed by atoms with Gasteiger partial charge in [-0.1, -0.05) is 11.6 Å². The average Bonchev–Trinajstić information content (AvgIpc) is 3.07. The van der Waals surface area contributed by atoms with E-state index < -0.39 is 10.0 Å². The lowest BCUT2D eigenvalue weighted by Crippen LogP contribution is -2.32. The molecule has 2 heterocycles. The van der Waals surface area contributed by atoms with Crippen LogP contribution in [0.4, 0.5) is 0 Å². The molecule has 1 aliphatic heterocycles. The molecule has 0 spiro atoms. The second kappa shape index (κ2) is 7.59. The van der Waals surface area contributed by atoms with Gasteiger partial charge in [-0.05, 0) is 49.7 Å². The molecule has 1 aromatic heterocycles. The van der Waals surface area contributed by atoms with Gasteiger partial charge >= 0.3 is 0 Å². The van der Waals surface area contributed by atoms with Crippen LogP contribution in [0.15, 0.2) is 47.6 Å². The minimum absolute atomic E-state index is 0.0519. The van der Waals surface area contributed by atoms with Crippen LogP contribution < -0.4 is 9.47 Å². The van der Waals surface area contributed by atoms with Gasteiger partial charge in [0.2, 0.25) is 5.03 Å². The third-order valence-electron chi connectivity index (χ3n) is 3.84. The maximum absolute atomic E-state index is 12.9. The first kappa shape index (κ1) is 18.0. The fourth-order valence-corrected chi connectivity index (χ4v) is 4.33. The van der Waals surface area contributed by atoms with Gasteiger partial charge in [-0.2, -0.15) is 4.31 Å². The Balaban J connectivity index is 1.73. The molecule has 0 saturated carbocycles. The summed E-state index contributed by atoms with van der Waals surface area (Å²) in [7, 11) is -3.73. The maximum Gasteiger partial charge on any atom is 0.264 e. The van der Waals surface area contributed by atoms with Crippen molar-refractivity contribution in [2.75, 3.05) is 19.7 Å². The van der Waals surface area contributed by atoms with Crippen molar-refractivity contribution in [3.8, 4) is 11.5 Å². The highest BCUT2D eigenvalue weighted by molar-refractivity contribution is 7.89. The standard InChI is InChI=1S/C17H19ClN2O4S/c1-2-23-16-4-3-10-19-17(16)25(21,22)20-11-9-15(12-20)24-14-7-5-13(18)6-8-14/h3-8,10,15H,2,9,11-12H2,1H3. The fourth-order valence-electron chi connectivity index (χ4n) is 2.68. The molecule has 6 nitrogen and oxygen atoms in total. The van der Waals surface area contributed by atoms with E-state index in [0.29, 0.717) is 30.3 Å². The number of nitrogens with zero attached hydrogens (tertiary/aromatic N) is 2. The van der Waals surface area contributed by atoms with Crippen LogP contribution >= 0.6 is 11.6 Å². The van der Waals surface area contributed by atoms with Gasteiger partial charge in [0, 0.05) is 17.8 Å². The van der Waals surface area contributed by atoms with E-state index in [9.17, 15) is 8.42 Å². The van der Waals surface area contributed by atoms with Crippen molar-refractivity contribution >= 4 is 21.6 Å². The first-order valence-corrected chi connectivity index (χ1v) is 9.82. The van der Waals surface area contributed by atoms with Gasteiger partial charge in [0.1, 0.15) is 11.9 Å². The van der Waals surface area contributed by atoms with Crippen LogP contribution in [-0.2, 0) is 10.0 Å². The van der Waals surface area contributed by atoms with Crippen molar-refractivity contribution in [2.45, 2.75) is 24.5 Å². The van der Waals surface area contributed by atoms with Crippen LogP contribution in [0.25, 0.3) is 0 Å². The number of ether oxygens (including phenoxy) is 2. The highest BCUT2D eigenvalue weighted by atomic mass is 35.5. The van der Waals surface area contributed by atoms with Crippen LogP contribution in [0.3, 0.4) is 0 Å². The Hall–Kier alpha value is -1.83. The van der Waals surface area contributed by atoms with E-state index in [1.54, 1.807) is 43.3 Å². The maximum atomic E-state index is 12.9. The normalized spacial score (nSPS) is 18.2. The Bertz CT molecular complexity index is 827. The summed E-state index contributed by atoms with van der Waals surface area (Å²) in [5.74, 6) is 0.938. The predicted octanol–water partition coefficient (Wildman–Crippen LogP) is 2.98. The fraction of sp³-hybridized carbons (Fsp3) is 0.353. The smallest absolute Gasteiger partial charge is 0.264 e. The summed E-state index contributed by atoms with van der Waals surface area (Å²) in [6, 6.07) is 10.3. The third kappa shape index (κ3) is 4.05. The van der Waals surface area contributed by atoms with Gasteiger partial charge in [0.25, 0.3) is 10.0 Å². The van der Waals surface area contributed by atoms with E-state index in [0.717, 1.165) is 0 Å². The van der Waals surface area contributed by atoms with Gasteiger partial charge in [0.15, 0.2) is 5.75 Å². The summed E-state index contributed by atoms with van der Waals surface area (Å²) >= 11 is 5.86. The number of halogens is 1. The van der Waals surface area contributed by atoms with E-state index in [-0.39, 0.29) is 23.4 Å². The lowest BCUT2D eigenvalue weighted by molar-refractivity contribution is 0.215. The molecule has 1 aromatic carbocycles. The van der Waals surface area contributed by atoms with Crippen LogP contribution in [0.2, 0.25) is 5.02 Å². The van der Waals surface area contributed by atoms with Gasteiger partial charge in [0.05, 0.1) is 13.2 Å². The number of rotatable bonds is 6. The second-order valence-electron chi connectivity index (χ2n) is 5.59. The molecule has 0 aliphatic carbocycles. The number of hydrogen-bond acceptors (Lipinski definition) is 5. The first-order valence-electron chi connectivity index (χ1n) is 8.01. The molecular weight excluding hydrogens is 364 g/mol. The summed E-state index contributed by atoms with van der Waals surface area (Å²) < 4.78 is 38.4. The molecule has 134 valence electrons. The number of pyridine rings is 1. The van der Waals surface area contributed by atoms with Crippen molar-refractivity contribution in [1.82, 2.24) is 9.29 Å². The van der Waals surface area contributed by atoms with Crippen LogP contribution in [-0.4, -0.2) is 43.5 Å². The lowest BCUT2D eigenvalue weighted by atomic mass is 10.3. The molecule has 25 heavy (non-hydrogen) atoms. The molecule has 8 heteroatoms. The van der Waals surface area contributed by atoms with Crippen molar-refractivity contribution in [1.29, 1.82) is 0 Å². The van der Waals surface area contributed by atoms with Crippen molar-refractivity contribution in [2.24, 2.45) is 0 Å². The van der Waals surface area contributed by atoms with E-state index in [1.165, 1.54) is 10.5 Å². The molecule has 0 bridgehead atoms. The molecule has 0 radical (unpaired) electrons. The molecule has 1 unspecified atom stereocenters. The van der Waals surface area contributed by atoms with Gasteiger partial charge in [-0.25, -0.2) is 13.4 Å². The molecule has 3 rings (SSSR count). The molecule has 1 aliphatic rings. The molecule has 0 N–H and O–H groups in total. The summed E-state index contributed by atoms with van der Waals surface area (Å²) in [6.45, 7) is 2.82.